The molecule has 0 spiro atoms. The first-order chi connectivity index (χ1) is 13.1. The van der Waals surface area contributed by atoms with Crippen LogP contribution in [0.1, 0.15) is 35.0 Å². The molecule has 0 aliphatic carbocycles. The Morgan fingerprint density at radius 1 is 1.07 bits per heavy atom. The summed E-state index contributed by atoms with van der Waals surface area (Å²) in [5.74, 6) is 1.45. The molecular formula is C20H17BrClN3O2. The van der Waals surface area contributed by atoms with Gasteiger partial charge in [-0.3, -0.25) is 4.79 Å². The lowest BCUT2D eigenvalue weighted by molar-refractivity contribution is 0.0704. The molecule has 5 nitrogen and oxygen atoms in total. The Morgan fingerprint density at radius 2 is 1.74 bits per heavy atom. The molecule has 7 heteroatoms. The van der Waals surface area contributed by atoms with E-state index < -0.39 is 0 Å². The Morgan fingerprint density at radius 3 is 2.41 bits per heavy atom. The highest BCUT2D eigenvalue weighted by atomic mass is 79.9. The summed E-state index contributed by atoms with van der Waals surface area (Å²) in [6.07, 6.45) is 1.61. The van der Waals surface area contributed by atoms with Crippen LogP contribution >= 0.6 is 27.5 Å². The molecule has 0 atom stereocenters. The lowest BCUT2D eigenvalue weighted by Gasteiger charge is -2.30. The minimum atomic E-state index is 0.0335. The Hall–Kier alpha value is -2.18. The highest BCUT2D eigenvalue weighted by Gasteiger charge is 2.28. The number of hydrogen-bond acceptors (Lipinski definition) is 4. The first-order valence-corrected chi connectivity index (χ1v) is 9.91. The van der Waals surface area contributed by atoms with E-state index in [4.69, 9.17) is 16.1 Å². The van der Waals surface area contributed by atoms with Crippen molar-refractivity contribution in [2.24, 2.45) is 0 Å². The summed E-state index contributed by atoms with van der Waals surface area (Å²) >= 11 is 9.31. The molecule has 0 N–H and O–H groups in total. The monoisotopic (exact) mass is 445 g/mol. The standard InChI is InChI=1S/C20H17BrClN3O2/c21-16-5-1-13(2-6-16)18-23-19(27-24-18)14-9-11-25(12-10-14)20(26)15-3-7-17(22)8-4-15/h1-8,14H,9-12H2. The Balaban J connectivity index is 1.40. The van der Waals surface area contributed by atoms with Crippen molar-refractivity contribution in [3.63, 3.8) is 0 Å². The van der Waals surface area contributed by atoms with Crippen molar-refractivity contribution in [1.82, 2.24) is 15.0 Å². The van der Waals surface area contributed by atoms with E-state index in [1.54, 1.807) is 24.3 Å². The molecule has 1 aromatic heterocycles. The van der Waals surface area contributed by atoms with Gasteiger partial charge in [-0.05, 0) is 61.4 Å². The number of hydrogen-bond donors (Lipinski definition) is 0. The fourth-order valence-corrected chi connectivity index (χ4v) is 3.61. The van der Waals surface area contributed by atoms with Crippen molar-refractivity contribution in [3.05, 3.63) is 69.5 Å². The zero-order valence-corrected chi connectivity index (χ0v) is 16.8. The molecule has 2 aromatic carbocycles. The number of carbonyl (C=O) groups excluding carboxylic acids is 1. The number of piperidine rings is 1. The van der Waals surface area contributed by atoms with Crippen LogP contribution in [0.4, 0.5) is 0 Å². The van der Waals surface area contributed by atoms with E-state index in [1.165, 1.54) is 0 Å². The van der Waals surface area contributed by atoms with Gasteiger partial charge >= 0.3 is 0 Å². The topological polar surface area (TPSA) is 59.2 Å². The average molecular weight is 447 g/mol. The molecule has 0 saturated carbocycles. The molecule has 1 saturated heterocycles. The lowest BCUT2D eigenvalue weighted by atomic mass is 9.96. The van der Waals surface area contributed by atoms with Crippen molar-refractivity contribution in [1.29, 1.82) is 0 Å². The first-order valence-electron chi connectivity index (χ1n) is 8.74. The van der Waals surface area contributed by atoms with E-state index in [-0.39, 0.29) is 11.8 Å². The molecule has 2 heterocycles. The number of benzene rings is 2. The van der Waals surface area contributed by atoms with Gasteiger partial charge in [-0.1, -0.05) is 32.7 Å². The molecule has 1 fully saturated rings. The minimum Gasteiger partial charge on any atom is -0.339 e. The van der Waals surface area contributed by atoms with Gasteiger partial charge in [0.15, 0.2) is 0 Å². The van der Waals surface area contributed by atoms with Crippen LogP contribution in [0.25, 0.3) is 11.4 Å². The third-order valence-electron chi connectivity index (χ3n) is 4.77. The van der Waals surface area contributed by atoms with Gasteiger partial charge in [0.2, 0.25) is 11.7 Å². The number of nitrogens with zero attached hydrogens (tertiary/aromatic N) is 3. The summed E-state index contributed by atoms with van der Waals surface area (Å²) in [7, 11) is 0. The predicted molar refractivity (Wildman–Crippen MR) is 107 cm³/mol. The predicted octanol–water partition coefficient (Wildman–Crippen LogP) is 5.17. The number of likely N-dealkylation sites (tertiary alicyclic amines) is 1. The zero-order valence-electron chi connectivity index (χ0n) is 14.4. The summed E-state index contributed by atoms with van der Waals surface area (Å²) in [4.78, 5) is 19.0. The molecule has 27 heavy (non-hydrogen) atoms. The van der Waals surface area contributed by atoms with Gasteiger partial charge in [0.1, 0.15) is 0 Å². The first kappa shape index (κ1) is 18.2. The summed E-state index contributed by atoms with van der Waals surface area (Å²) in [5, 5.41) is 4.73. The molecule has 1 aliphatic rings. The van der Waals surface area contributed by atoms with Crippen LogP contribution in [0.15, 0.2) is 57.5 Å². The zero-order chi connectivity index (χ0) is 18.8. The highest BCUT2D eigenvalue weighted by Crippen LogP contribution is 2.29. The maximum Gasteiger partial charge on any atom is 0.253 e. The number of aromatic nitrogens is 2. The molecule has 3 aromatic rings. The third kappa shape index (κ3) is 4.06. The second-order valence-electron chi connectivity index (χ2n) is 6.54. The number of amides is 1. The van der Waals surface area contributed by atoms with Crippen molar-refractivity contribution >= 4 is 33.4 Å². The fourth-order valence-electron chi connectivity index (χ4n) is 3.22. The molecule has 138 valence electrons. The van der Waals surface area contributed by atoms with Crippen molar-refractivity contribution in [2.75, 3.05) is 13.1 Å². The number of rotatable bonds is 3. The maximum absolute atomic E-state index is 12.6. The smallest absolute Gasteiger partial charge is 0.253 e. The van der Waals surface area contributed by atoms with Crippen LogP contribution < -0.4 is 0 Å². The second kappa shape index (κ2) is 7.82. The summed E-state index contributed by atoms with van der Waals surface area (Å²) < 4.78 is 6.50. The summed E-state index contributed by atoms with van der Waals surface area (Å²) in [5.41, 5.74) is 1.58. The molecule has 1 amide bonds. The maximum atomic E-state index is 12.6. The molecule has 0 radical (unpaired) electrons. The fraction of sp³-hybridized carbons (Fsp3) is 0.250. The van der Waals surface area contributed by atoms with Gasteiger partial charge in [0, 0.05) is 39.6 Å². The molecule has 4 rings (SSSR count). The van der Waals surface area contributed by atoms with Crippen LogP contribution in [-0.2, 0) is 0 Å². The van der Waals surface area contributed by atoms with Gasteiger partial charge < -0.3 is 9.42 Å². The Bertz CT molecular complexity index is 933. The average Bonchev–Trinajstić information content (AvgIpc) is 3.19. The quantitative estimate of drug-likeness (QED) is 0.557. The second-order valence-corrected chi connectivity index (χ2v) is 7.89. The van der Waals surface area contributed by atoms with E-state index in [2.05, 4.69) is 26.1 Å². The lowest BCUT2D eigenvalue weighted by Crippen LogP contribution is -2.37. The van der Waals surface area contributed by atoms with Crippen LogP contribution in [0.5, 0.6) is 0 Å². The SMILES string of the molecule is O=C(c1ccc(Cl)cc1)N1CCC(c2nc(-c3ccc(Br)cc3)no2)CC1. The molecule has 1 aliphatic heterocycles. The Kier molecular flexibility index (Phi) is 5.27. The van der Waals surface area contributed by atoms with E-state index in [0.717, 1.165) is 22.9 Å². The largest absolute Gasteiger partial charge is 0.339 e. The van der Waals surface area contributed by atoms with Gasteiger partial charge in [-0.15, -0.1) is 0 Å². The van der Waals surface area contributed by atoms with Gasteiger partial charge in [0.25, 0.3) is 5.91 Å². The summed E-state index contributed by atoms with van der Waals surface area (Å²) in [6.45, 7) is 1.34. The molecular weight excluding hydrogens is 430 g/mol. The van der Waals surface area contributed by atoms with E-state index >= 15 is 0 Å². The summed E-state index contributed by atoms with van der Waals surface area (Å²) in [6, 6.07) is 14.8. The normalized spacial score (nSPS) is 15.1. The van der Waals surface area contributed by atoms with Crippen LogP contribution in [0, 0.1) is 0 Å². The van der Waals surface area contributed by atoms with Crippen LogP contribution in [0.3, 0.4) is 0 Å². The minimum absolute atomic E-state index is 0.0335. The van der Waals surface area contributed by atoms with E-state index in [1.807, 2.05) is 29.2 Å². The van der Waals surface area contributed by atoms with Crippen molar-refractivity contribution < 1.29 is 9.32 Å². The number of halogens is 2. The van der Waals surface area contributed by atoms with E-state index in [0.29, 0.717) is 35.4 Å². The molecule has 0 unspecified atom stereocenters. The Labute approximate surface area is 170 Å². The highest BCUT2D eigenvalue weighted by molar-refractivity contribution is 9.10. The molecule has 0 bridgehead atoms. The third-order valence-corrected chi connectivity index (χ3v) is 5.55. The van der Waals surface area contributed by atoms with Crippen LogP contribution in [0.2, 0.25) is 5.02 Å². The van der Waals surface area contributed by atoms with Gasteiger partial charge in [0.05, 0.1) is 0 Å². The van der Waals surface area contributed by atoms with Crippen LogP contribution in [-0.4, -0.2) is 34.0 Å². The number of carbonyl (C=O) groups is 1. The van der Waals surface area contributed by atoms with E-state index in [9.17, 15) is 4.79 Å². The van der Waals surface area contributed by atoms with Crippen molar-refractivity contribution in [2.45, 2.75) is 18.8 Å². The van der Waals surface area contributed by atoms with Gasteiger partial charge in [-0.2, -0.15) is 4.98 Å². The van der Waals surface area contributed by atoms with Gasteiger partial charge in [-0.25, -0.2) is 0 Å². The van der Waals surface area contributed by atoms with Crippen molar-refractivity contribution in [3.8, 4) is 11.4 Å².